The Hall–Kier alpha value is -3.10. The van der Waals surface area contributed by atoms with Crippen molar-refractivity contribution in [1.29, 1.82) is 0 Å². The van der Waals surface area contributed by atoms with E-state index in [-0.39, 0.29) is 18.4 Å². The summed E-state index contributed by atoms with van der Waals surface area (Å²) in [5.41, 5.74) is 1.80. The molecule has 0 radical (unpaired) electrons. The second kappa shape index (κ2) is 17.7. The molecule has 9 nitrogen and oxygen atoms in total. The predicted octanol–water partition coefficient (Wildman–Crippen LogP) is 5.76. The van der Waals surface area contributed by atoms with Gasteiger partial charge < -0.3 is 25.0 Å². The Morgan fingerprint density at radius 1 is 0.927 bits per heavy atom. The van der Waals surface area contributed by atoms with E-state index in [9.17, 15) is 19.2 Å². The fourth-order valence-corrected chi connectivity index (χ4v) is 4.69. The predicted molar refractivity (Wildman–Crippen MR) is 161 cm³/mol. The number of aryl methyl sites for hydroxylation is 2. The maximum atomic E-state index is 14.4. The number of nitrogens with one attached hydrogen (secondary N) is 2. The average molecular weight is 576 g/mol. The zero-order valence-corrected chi connectivity index (χ0v) is 26.7. The number of alkyl carbamates (subject to hydrolysis) is 1. The van der Waals surface area contributed by atoms with E-state index in [1.807, 2.05) is 45.9 Å². The van der Waals surface area contributed by atoms with E-state index in [2.05, 4.69) is 17.6 Å². The number of benzene rings is 1. The molecule has 0 aliphatic heterocycles. The molecule has 0 aliphatic rings. The van der Waals surface area contributed by atoms with Crippen molar-refractivity contribution >= 4 is 23.9 Å². The molecule has 3 unspecified atom stereocenters. The summed E-state index contributed by atoms with van der Waals surface area (Å²) in [4.78, 5) is 54.4. The highest BCUT2D eigenvalue weighted by atomic mass is 16.6. The van der Waals surface area contributed by atoms with Gasteiger partial charge in [-0.1, -0.05) is 88.6 Å². The summed E-state index contributed by atoms with van der Waals surface area (Å²) < 4.78 is 10.2. The monoisotopic (exact) mass is 575 g/mol. The molecule has 3 amide bonds. The lowest BCUT2D eigenvalue weighted by Crippen LogP contribution is -2.55. The summed E-state index contributed by atoms with van der Waals surface area (Å²) in [6.07, 6.45) is 5.96. The van der Waals surface area contributed by atoms with Crippen molar-refractivity contribution in [3.05, 3.63) is 34.9 Å². The fourth-order valence-electron chi connectivity index (χ4n) is 4.69. The van der Waals surface area contributed by atoms with E-state index < -0.39 is 35.7 Å². The molecule has 0 aliphatic carbocycles. The normalized spacial score (nSPS) is 13.5. The third-order valence-electron chi connectivity index (χ3n) is 6.94. The van der Waals surface area contributed by atoms with Gasteiger partial charge in [0.05, 0.1) is 7.11 Å². The molecular formula is C32H53N3O6. The first-order valence-electron chi connectivity index (χ1n) is 15.0. The largest absolute Gasteiger partial charge is 0.468 e. The number of rotatable bonds is 16. The van der Waals surface area contributed by atoms with Crippen molar-refractivity contribution in [2.45, 2.75) is 118 Å². The van der Waals surface area contributed by atoms with Gasteiger partial charge in [-0.15, -0.1) is 0 Å². The molecule has 1 rings (SSSR count). The molecule has 0 bridgehead atoms. The van der Waals surface area contributed by atoms with Gasteiger partial charge in [-0.2, -0.15) is 0 Å². The summed E-state index contributed by atoms with van der Waals surface area (Å²) in [5.74, 6) is -1.66. The Bertz CT molecular complexity index is 983. The highest BCUT2D eigenvalue weighted by Gasteiger charge is 2.38. The molecule has 0 heterocycles. The van der Waals surface area contributed by atoms with E-state index >= 15 is 0 Å². The highest BCUT2D eigenvalue weighted by molar-refractivity contribution is 5.93. The second-order valence-electron chi connectivity index (χ2n) is 11.9. The molecule has 2 N–H and O–H groups in total. The SMILES string of the molecule is CCCCCCCCN(C(=O)C(NC(=O)OC(C)(C)C)C(C)CC)C(C(=O)NCC(=O)OC)c1cc(C)cc(C)c1. The number of amides is 3. The number of nitrogens with zero attached hydrogens (tertiary/aromatic N) is 1. The van der Waals surface area contributed by atoms with Crippen LogP contribution >= 0.6 is 0 Å². The number of unbranched alkanes of at least 4 members (excludes halogenated alkanes) is 5. The van der Waals surface area contributed by atoms with Crippen molar-refractivity contribution in [3.63, 3.8) is 0 Å². The molecule has 0 saturated carbocycles. The van der Waals surface area contributed by atoms with E-state index in [0.717, 1.165) is 43.2 Å². The lowest BCUT2D eigenvalue weighted by molar-refractivity contribution is -0.145. The zero-order valence-electron chi connectivity index (χ0n) is 26.7. The lowest BCUT2D eigenvalue weighted by Gasteiger charge is -2.36. The lowest BCUT2D eigenvalue weighted by atomic mass is 9.94. The molecular weight excluding hydrogens is 522 g/mol. The van der Waals surface area contributed by atoms with Crippen LogP contribution in [0.4, 0.5) is 4.79 Å². The van der Waals surface area contributed by atoms with Gasteiger partial charge in [0.1, 0.15) is 24.2 Å². The molecule has 1 aromatic carbocycles. The minimum atomic E-state index is -1.01. The van der Waals surface area contributed by atoms with Gasteiger partial charge in [0.2, 0.25) is 11.8 Å². The molecule has 1 aromatic rings. The Morgan fingerprint density at radius 3 is 2.05 bits per heavy atom. The zero-order chi connectivity index (χ0) is 31.2. The first-order valence-corrected chi connectivity index (χ1v) is 15.0. The minimum Gasteiger partial charge on any atom is -0.468 e. The van der Waals surface area contributed by atoms with Crippen LogP contribution in [0.1, 0.15) is 109 Å². The average Bonchev–Trinajstić information content (AvgIpc) is 2.89. The molecule has 0 fully saturated rings. The Labute approximate surface area is 247 Å². The second-order valence-corrected chi connectivity index (χ2v) is 11.9. The molecule has 41 heavy (non-hydrogen) atoms. The number of esters is 1. The summed E-state index contributed by atoms with van der Waals surface area (Å²) in [7, 11) is 1.25. The number of hydrogen-bond acceptors (Lipinski definition) is 6. The molecule has 9 heteroatoms. The van der Waals surface area contributed by atoms with E-state index in [0.29, 0.717) is 24.9 Å². The summed E-state index contributed by atoms with van der Waals surface area (Å²) in [6, 6.07) is 3.86. The molecule has 3 atom stereocenters. The quantitative estimate of drug-likeness (QED) is 0.191. The van der Waals surface area contributed by atoms with Gasteiger partial charge in [-0.3, -0.25) is 14.4 Å². The summed E-state index contributed by atoms with van der Waals surface area (Å²) in [5, 5.41) is 5.45. The maximum absolute atomic E-state index is 14.4. The van der Waals surface area contributed by atoms with Crippen LogP contribution in [0, 0.1) is 19.8 Å². The van der Waals surface area contributed by atoms with E-state index in [4.69, 9.17) is 9.47 Å². The summed E-state index contributed by atoms with van der Waals surface area (Å²) >= 11 is 0. The van der Waals surface area contributed by atoms with E-state index in [1.54, 1.807) is 25.7 Å². The first-order chi connectivity index (χ1) is 19.2. The summed E-state index contributed by atoms with van der Waals surface area (Å²) in [6.45, 7) is 15.2. The topological polar surface area (TPSA) is 114 Å². The molecule has 0 spiro atoms. The first kappa shape index (κ1) is 35.9. The van der Waals surface area contributed by atoms with Gasteiger partial charge in [-0.05, 0) is 52.5 Å². The van der Waals surface area contributed by atoms with Gasteiger partial charge in [0, 0.05) is 6.54 Å². The van der Waals surface area contributed by atoms with Crippen molar-refractivity contribution in [2.24, 2.45) is 5.92 Å². The Kier molecular flexibility index (Phi) is 15.5. The van der Waals surface area contributed by atoms with Crippen molar-refractivity contribution < 1.29 is 28.7 Å². The Balaban J connectivity index is 3.55. The van der Waals surface area contributed by atoms with Gasteiger partial charge in [0.25, 0.3) is 0 Å². The number of ether oxygens (including phenoxy) is 2. The smallest absolute Gasteiger partial charge is 0.408 e. The van der Waals surface area contributed by atoms with Crippen LogP contribution in [0.25, 0.3) is 0 Å². The minimum absolute atomic E-state index is 0.222. The molecule has 0 aromatic heterocycles. The van der Waals surface area contributed by atoms with Crippen LogP contribution in [0.2, 0.25) is 0 Å². The maximum Gasteiger partial charge on any atom is 0.408 e. The van der Waals surface area contributed by atoms with Crippen LogP contribution in [-0.2, 0) is 23.9 Å². The van der Waals surface area contributed by atoms with Crippen LogP contribution in [0.3, 0.4) is 0 Å². The van der Waals surface area contributed by atoms with Crippen molar-refractivity contribution in [1.82, 2.24) is 15.5 Å². The number of hydrogen-bond donors (Lipinski definition) is 2. The van der Waals surface area contributed by atoms with Crippen molar-refractivity contribution in [3.8, 4) is 0 Å². The van der Waals surface area contributed by atoms with Crippen LogP contribution in [-0.4, -0.2) is 60.6 Å². The van der Waals surface area contributed by atoms with E-state index in [1.165, 1.54) is 7.11 Å². The number of carbonyl (C=O) groups excluding carboxylic acids is 4. The number of carbonyl (C=O) groups is 4. The van der Waals surface area contributed by atoms with Gasteiger partial charge in [-0.25, -0.2) is 4.79 Å². The molecule has 232 valence electrons. The van der Waals surface area contributed by atoms with Crippen molar-refractivity contribution in [2.75, 3.05) is 20.2 Å². The third-order valence-corrected chi connectivity index (χ3v) is 6.94. The number of methoxy groups -OCH3 is 1. The highest BCUT2D eigenvalue weighted by Crippen LogP contribution is 2.27. The van der Waals surface area contributed by atoms with Crippen LogP contribution in [0.5, 0.6) is 0 Å². The standard InChI is InChI=1S/C32H53N3O6/c1-10-12-13-14-15-16-17-35(30(38)27(24(5)11-2)34-31(39)41-32(6,7)8)28(29(37)33-21-26(36)40-9)25-19-22(3)18-23(4)20-25/h18-20,24,27-28H,10-17,21H2,1-9H3,(H,33,37)(H,34,39). The Morgan fingerprint density at radius 2 is 1.51 bits per heavy atom. The fraction of sp³-hybridized carbons (Fsp3) is 0.688. The third kappa shape index (κ3) is 13.0. The molecule has 0 saturated heterocycles. The van der Waals surface area contributed by atoms with Crippen LogP contribution in [0.15, 0.2) is 18.2 Å². The van der Waals surface area contributed by atoms with Gasteiger partial charge in [0.15, 0.2) is 0 Å². The van der Waals surface area contributed by atoms with Crippen LogP contribution < -0.4 is 10.6 Å². The van der Waals surface area contributed by atoms with Gasteiger partial charge >= 0.3 is 12.1 Å².